The van der Waals surface area contributed by atoms with Crippen LogP contribution in [0.15, 0.2) is 113 Å². The van der Waals surface area contributed by atoms with Gasteiger partial charge in [-0.1, -0.05) is 48.0 Å². The van der Waals surface area contributed by atoms with Crippen molar-refractivity contribution in [3.63, 3.8) is 0 Å². The Morgan fingerprint density at radius 3 is 2.00 bits per heavy atom. The third kappa shape index (κ3) is 5.39. The minimum absolute atomic E-state index is 0.214. The lowest BCUT2D eigenvalue weighted by atomic mass is 9.94. The molecule has 0 radical (unpaired) electrons. The number of benzene rings is 5. The van der Waals surface area contributed by atoms with E-state index in [1.807, 2.05) is 85.8 Å². The summed E-state index contributed by atoms with van der Waals surface area (Å²) in [6, 6.07) is 32.7. The fourth-order valence-corrected chi connectivity index (χ4v) is 4.22. The van der Waals surface area contributed by atoms with Crippen molar-refractivity contribution in [2.24, 2.45) is 10.2 Å². The van der Waals surface area contributed by atoms with Gasteiger partial charge < -0.3 is 14.8 Å². The highest BCUT2D eigenvalue weighted by molar-refractivity contribution is 6.10. The Kier molecular flexibility index (Phi) is 7.13. The lowest BCUT2D eigenvalue weighted by Crippen LogP contribution is -2.12. The van der Waals surface area contributed by atoms with Gasteiger partial charge in [-0.25, -0.2) is 0 Å². The molecular weight excluding hydrogens is 474 g/mol. The molecule has 0 aliphatic carbocycles. The van der Waals surface area contributed by atoms with E-state index in [-0.39, 0.29) is 5.91 Å². The van der Waals surface area contributed by atoms with E-state index in [0.29, 0.717) is 28.4 Å². The summed E-state index contributed by atoms with van der Waals surface area (Å²) in [4.78, 5) is 13.4. The molecule has 1 amide bonds. The van der Waals surface area contributed by atoms with Crippen LogP contribution in [0.2, 0.25) is 0 Å². The van der Waals surface area contributed by atoms with Gasteiger partial charge in [0, 0.05) is 11.3 Å². The second-order valence-corrected chi connectivity index (χ2v) is 8.85. The van der Waals surface area contributed by atoms with Gasteiger partial charge in [0.2, 0.25) is 0 Å². The predicted octanol–water partition coefficient (Wildman–Crippen LogP) is 8.50. The number of azo groups is 1. The third-order valence-electron chi connectivity index (χ3n) is 6.24. The maximum absolute atomic E-state index is 13.4. The van der Waals surface area contributed by atoms with Crippen LogP contribution < -0.4 is 14.8 Å². The summed E-state index contributed by atoms with van der Waals surface area (Å²) in [5.74, 6) is 1.02. The van der Waals surface area contributed by atoms with Crippen LogP contribution in [0.4, 0.5) is 17.1 Å². The molecule has 0 unspecified atom stereocenters. The first kappa shape index (κ1) is 24.7. The number of nitrogens with one attached hydrogen (secondary N) is 1. The molecule has 0 saturated heterocycles. The van der Waals surface area contributed by atoms with Crippen LogP contribution in [0.5, 0.6) is 11.5 Å². The normalized spacial score (nSPS) is 11.0. The van der Waals surface area contributed by atoms with E-state index < -0.39 is 0 Å². The quantitative estimate of drug-likeness (QED) is 0.227. The molecule has 0 aromatic heterocycles. The van der Waals surface area contributed by atoms with Gasteiger partial charge in [-0.3, -0.25) is 4.79 Å². The van der Waals surface area contributed by atoms with Crippen LogP contribution in [-0.2, 0) is 0 Å². The number of amides is 1. The number of carbonyl (C=O) groups excluding carboxylic acids is 1. The molecule has 1 N–H and O–H groups in total. The number of methoxy groups -OCH3 is 2. The maximum Gasteiger partial charge on any atom is 0.255 e. The molecule has 0 spiro atoms. The molecule has 5 aromatic carbocycles. The zero-order valence-corrected chi connectivity index (χ0v) is 21.4. The van der Waals surface area contributed by atoms with Crippen molar-refractivity contribution in [1.82, 2.24) is 0 Å². The molecule has 0 aliphatic heterocycles. The monoisotopic (exact) mass is 501 g/mol. The lowest BCUT2D eigenvalue weighted by molar-refractivity contribution is 0.102. The van der Waals surface area contributed by atoms with E-state index >= 15 is 0 Å². The van der Waals surface area contributed by atoms with Crippen molar-refractivity contribution in [2.45, 2.75) is 6.92 Å². The maximum atomic E-state index is 13.4. The standard InChI is InChI=1S/C32H27N3O3/c1-21-9-11-22(12-10-21)28-18-24(17-23-19-30(37-2)31(38-3)20-29(23)28)32(36)33-25-13-15-27(16-14-25)35-34-26-7-5-4-6-8-26/h4-20H,1-3H3,(H,33,36). The number of aryl methyl sites for hydroxylation is 1. The summed E-state index contributed by atoms with van der Waals surface area (Å²) in [5.41, 5.74) is 5.78. The van der Waals surface area contributed by atoms with E-state index in [2.05, 4.69) is 39.8 Å². The highest BCUT2D eigenvalue weighted by Gasteiger charge is 2.15. The Morgan fingerprint density at radius 2 is 1.34 bits per heavy atom. The van der Waals surface area contributed by atoms with E-state index in [4.69, 9.17) is 9.47 Å². The van der Waals surface area contributed by atoms with Crippen molar-refractivity contribution in [3.05, 3.63) is 114 Å². The molecule has 5 rings (SSSR count). The highest BCUT2D eigenvalue weighted by atomic mass is 16.5. The molecule has 6 nitrogen and oxygen atoms in total. The zero-order valence-electron chi connectivity index (χ0n) is 21.4. The molecule has 38 heavy (non-hydrogen) atoms. The van der Waals surface area contributed by atoms with E-state index in [0.717, 1.165) is 33.2 Å². The fraction of sp³-hybridized carbons (Fsp3) is 0.0938. The molecule has 5 aromatic rings. The number of hydrogen-bond donors (Lipinski definition) is 1. The SMILES string of the molecule is COc1cc2cc(C(=O)Nc3ccc(N=Nc4ccccc4)cc3)cc(-c3ccc(C)cc3)c2cc1OC. The number of nitrogens with zero attached hydrogens (tertiary/aromatic N) is 2. The van der Waals surface area contributed by atoms with Crippen LogP contribution in [0.3, 0.4) is 0 Å². The second kappa shape index (κ2) is 11.0. The van der Waals surface area contributed by atoms with Crippen molar-refractivity contribution in [2.75, 3.05) is 19.5 Å². The smallest absolute Gasteiger partial charge is 0.255 e. The Bertz CT molecular complexity index is 1610. The summed E-state index contributed by atoms with van der Waals surface area (Å²) < 4.78 is 11.1. The summed E-state index contributed by atoms with van der Waals surface area (Å²) in [5, 5.41) is 13.3. The van der Waals surface area contributed by atoms with Crippen molar-refractivity contribution < 1.29 is 14.3 Å². The van der Waals surface area contributed by atoms with Gasteiger partial charge in [-0.2, -0.15) is 10.2 Å². The zero-order chi connectivity index (χ0) is 26.5. The summed E-state index contributed by atoms with van der Waals surface area (Å²) in [7, 11) is 3.22. The Labute approximate surface area is 221 Å². The van der Waals surface area contributed by atoms with E-state index in [1.165, 1.54) is 0 Å². The molecule has 0 heterocycles. The number of carbonyl (C=O) groups is 1. The fourth-order valence-electron chi connectivity index (χ4n) is 4.22. The third-order valence-corrected chi connectivity index (χ3v) is 6.24. The molecule has 6 heteroatoms. The molecule has 188 valence electrons. The van der Waals surface area contributed by atoms with Gasteiger partial charge >= 0.3 is 0 Å². The average molecular weight is 502 g/mol. The van der Waals surface area contributed by atoms with E-state index in [9.17, 15) is 4.79 Å². The van der Waals surface area contributed by atoms with Crippen molar-refractivity contribution >= 4 is 33.7 Å². The van der Waals surface area contributed by atoms with Gasteiger partial charge in [0.15, 0.2) is 11.5 Å². The van der Waals surface area contributed by atoms with Crippen LogP contribution in [-0.4, -0.2) is 20.1 Å². The first-order chi connectivity index (χ1) is 18.5. The molecule has 0 saturated carbocycles. The topological polar surface area (TPSA) is 72.3 Å². The summed E-state index contributed by atoms with van der Waals surface area (Å²) >= 11 is 0. The Balaban J connectivity index is 1.46. The van der Waals surface area contributed by atoms with Crippen LogP contribution >= 0.6 is 0 Å². The number of anilines is 1. The minimum Gasteiger partial charge on any atom is -0.493 e. The first-order valence-corrected chi connectivity index (χ1v) is 12.2. The van der Waals surface area contributed by atoms with Gasteiger partial charge in [0.25, 0.3) is 5.91 Å². The van der Waals surface area contributed by atoms with Crippen molar-refractivity contribution in [3.8, 4) is 22.6 Å². The number of ether oxygens (including phenoxy) is 2. The number of hydrogen-bond acceptors (Lipinski definition) is 5. The Morgan fingerprint density at radius 1 is 0.711 bits per heavy atom. The highest BCUT2D eigenvalue weighted by Crippen LogP contribution is 2.38. The van der Waals surface area contributed by atoms with Crippen molar-refractivity contribution in [1.29, 1.82) is 0 Å². The van der Waals surface area contributed by atoms with Gasteiger partial charge in [-0.05, 0) is 89.5 Å². The van der Waals surface area contributed by atoms with Gasteiger partial charge in [0.1, 0.15) is 0 Å². The lowest BCUT2D eigenvalue weighted by Gasteiger charge is -2.15. The molecule has 0 aliphatic rings. The average Bonchev–Trinajstić information content (AvgIpc) is 2.96. The van der Waals surface area contributed by atoms with Gasteiger partial charge in [-0.15, -0.1) is 0 Å². The van der Waals surface area contributed by atoms with Crippen LogP contribution in [0, 0.1) is 6.92 Å². The minimum atomic E-state index is -0.214. The molecule has 0 atom stereocenters. The molecular formula is C32H27N3O3. The second-order valence-electron chi connectivity index (χ2n) is 8.85. The summed E-state index contributed by atoms with van der Waals surface area (Å²) in [6.45, 7) is 2.05. The first-order valence-electron chi connectivity index (χ1n) is 12.2. The molecule has 0 fully saturated rings. The number of rotatable bonds is 7. The van der Waals surface area contributed by atoms with E-state index in [1.54, 1.807) is 14.2 Å². The molecule has 0 bridgehead atoms. The van der Waals surface area contributed by atoms with Crippen LogP contribution in [0.25, 0.3) is 21.9 Å². The predicted molar refractivity (Wildman–Crippen MR) is 152 cm³/mol. The van der Waals surface area contributed by atoms with Gasteiger partial charge in [0.05, 0.1) is 25.6 Å². The Hall–Kier alpha value is -4.97. The van der Waals surface area contributed by atoms with Crippen LogP contribution in [0.1, 0.15) is 15.9 Å². The largest absolute Gasteiger partial charge is 0.493 e. The number of fused-ring (bicyclic) bond motifs is 1. The summed E-state index contributed by atoms with van der Waals surface area (Å²) in [6.07, 6.45) is 0.